The fraction of sp³-hybridized carbons (Fsp3) is 0.222. The van der Waals surface area contributed by atoms with Crippen LogP contribution in [0.4, 0.5) is 5.69 Å². The van der Waals surface area contributed by atoms with E-state index in [0.29, 0.717) is 5.69 Å². The molecule has 3 nitrogen and oxygen atoms in total. The SMILES string of the molecule is Cc1nc2c(N=O)c(C)ccc2s1. The number of nitrogens with zero attached hydrogens (tertiary/aromatic N) is 2. The van der Waals surface area contributed by atoms with Crippen LogP contribution in [0.1, 0.15) is 10.6 Å². The lowest BCUT2D eigenvalue weighted by atomic mass is 10.2. The zero-order valence-electron chi connectivity index (χ0n) is 7.37. The number of fused-ring (bicyclic) bond motifs is 1. The van der Waals surface area contributed by atoms with Crippen molar-refractivity contribution in [2.24, 2.45) is 5.18 Å². The predicted molar refractivity (Wildman–Crippen MR) is 54.5 cm³/mol. The molecule has 1 aromatic carbocycles. The van der Waals surface area contributed by atoms with Gasteiger partial charge in [0, 0.05) is 0 Å². The zero-order valence-corrected chi connectivity index (χ0v) is 8.18. The Morgan fingerprint density at radius 3 is 2.85 bits per heavy atom. The van der Waals surface area contributed by atoms with Crippen LogP contribution in [0.2, 0.25) is 0 Å². The van der Waals surface area contributed by atoms with Crippen molar-refractivity contribution in [2.75, 3.05) is 0 Å². The monoisotopic (exact) mass is 192 g/mol. The first-order valence-corrected chi connectivity index (χ1v) is 4.74. The first-order chi connectivity index (χ1) is 6.22. The van der Waals surface area contributed by atoms with Crippen LogP contribution in [0, 0.1) is 18.8 Å². The summed E-state index contributed by atoms with van der Waals surface area (Å²) in [6.07, 6.45) is 0. The molecule has 0 radical (unpaired) electrons. The summed E-state index contributed by atoms with van der Waals surface area (Å²) in [6.45, 7) is 3.79. The lowest BCUT2D eigenvalue weighted by Crippen LogP contribution is -1.76. The lowest BCUT2D eigenvalue weighted by molar-refractivity contribution is 1.32. The van der Waals surface area contributed by atoms with E-state index in [9.17, 15) is 4.91 Å². The molecule has 0 saturated carbocycles. The maximum absolute atomic E-state index is 10.6. The summed E-state index contributed by atoms with van der Waals surface area (Å²) in [7, 11) is 0. The van der Waals surface area contributed by atoms with Gasteiger partial charge in [0.2, 0.25) is 0 Å². The van der Waals surface area contributed by atoms with Crippen molar-refractivity contribution in [1.29, 1.82) is 0 Å². The zero-order chi connectivity index (χ0) is 9.42. The molecule has 0 spiro atoms. The van der Waals surface area contributed by atoms with Gasteiger partial charge in [-0.2, -0.15) is 0 Å². The van der Waals surface area contributed by atoms with Crippen molar-refractivity contribution in [3.8, 4) is 0 Å². The van der Waals surface area contributed by atoms with E-state index in [0.717, 1.165) is 20.8 Å². The van der Waals surface area contributed by atoms with Crippen molar-refractivity contribution in [3.05, 3.63) is 27.6 Å². The van der Waals surface area contributed by atoms with Crippen molar-refractivity contribution in [2.45, 2.75) is 13.8 Å². The number of aryl methyl sites for hydroxylation is 2. The third-order valence-electron chi connectivity index (χ3n) is 1.93. The molecule has 0 amide bonds. The van der Waals surface area contributed by atoms with Crippen molar-refractivity contribution in [3.63, 3.8) is 0 Å². The summed E-state index contributed by atoms with van der Waals surface area (Å²) in [5, 5.41) is 3.97. The van der Waals surface area contributed by atoms with Gasteiger partial charge < -0.3 is 0 Å². The van der Waals surface area contributed by atoms with Gasteiger partial charge in [-0.1, -0.05) is 6.07 Å². The minimum atomic E-state index is 0.474. The first-order valence-electron chi connectivity index (χ1n) is 3.92. The molecule has 0 aliphatic carbocycles. The molecule has 0 fully saturated rings. The quantitative estimate of drug-likeness (QED) is 0.650. The van der Waals surface area contributed by atoms with Crippen LogP contribution in [-0.4, -0.2) is 4.98 Å². The third-order valence-corrected chi connectivity index (χ3v) is 2.87. The van der Waals surface area contributed by atoms with Gasteiger partial charge in [-0.15, -0.1) is 16.2 Å². The number of aromatic nitrogens is 1. The Bertz CT molecular complexity index is 476. The Morgan fingerprint density at radius 1 is 1.38 bits per heavy atom. The molecule has 0 N–H and O–H groups in total. The van der Waals surface area contributed by atoms with Gasteiger partial charge in [0.15, 0.2) is 0 Å². The van der Waals surface area contributed by atoms with Crippen LogP contribution in [0.3, 0.4) is 0 Å². The Morgan fingerprint density at radius 2 is 2.15 bits per heavy atom. The molecule has 13 heavy (non-hydrogen) atoms. The second kappa shape index (κ2) is 2.88. The fourth-order valence-corrected chi connectivity index (χ4v) is 2.14. The van der Waals surface area contributed by atoms with Crippen LogP contribution < -0.4 is 0 Å². The minimum absolute atomic E-state index is 0.474. The molecular weight excluding hydrogens is 184 g/mol. The van der Waals surface area contributed by atoms with Gasteiger partial charge in [0.1, 0.15) is 11.2 Å². The number of thiazole rings is 1. The average molecular weight is 192 g/mol. The van der Waals surface area contributed by atoms with Crippen LogP contribution in [0.5, 0.6) is 0 Å². The van der Waals surface area contributed by atoms with Crippen LogP contribution >= 0.6 is 11.3 Å². The highest BCUT2D eigenvalue weighted by atomic mass is 32.1. The molecular formula is C9H8N2OS. The summed E-state index contributed by atoms with van der Waals surface area (Å²) in [6, 6.07) is 3.88. The van der Waals surface area contributed by atoms with Gasteiger partial charge in [0.25, 0.3) is 0 Å². The second-order valence-corrected chi connectivity index (χ2v) is 4.14. The molecule has 0 atom stereocenters. The maximum Gasteiger partial charge on any atom is 0.137 e. The topological polar surface area (TPSA) is 42.3 Å². The van der Waals surface area contributed by atoms with E-state index in [-0.39, 0.29) is 0 Å². The molecule has 0 unspecified atom stereocenters. The molecule has 66 valence electrons. The first kappa shape index (κ1) is 8.31. The van der Waals surface area contributed by atoms with E-state index in [4.69, 9.17) is 0 Å². The number of nitroso groups, excluding NO2 is 1. The molecule has 1 heterocycles. The van der Waals surface area contributed by atoms with Crippen molar-refractivity contribution in [1.82, 2.24) is 4.98 Å². The molecule has 0 aliphatic heterocycles. The summed E-state index contributed by atoms with van der Waals surface area (Å²) < 4.78 is 1.03. The smallest absolute Gasteiger partial charge is 0.137 e. The van der Waals surface area contributed by atoms with E-state index in [1.54, 1.807) is 11.3 Å². The normalized spacial score (nSPS) is 10.6. The van der Waals surface area contributed by atoms with E-state index in [1.165, 1.54) is 0 Å². The van der Waals surface area contributed by atoms with Gasteiger partial charge in [0.05, 0.1) is 9.71 Å². The second-order valence-electron chi connectivity index (χ2n) is 2.90. The Labute approximate surface area is 79.4 Å². The predicted octanol–water partition coefficient (Wildman–Crippen LogP) is 3.31. The lowest BCUT2D eigenvalue weighted by Gasteiger charge is -1.95. The highest BCUT2D eigenvalue weighted by Gasteiger charge is 2.08. The molecule has 0 aliphatic rings. The van der Waals surface area contributed by atoms with Crippen molar-refractivity contribution < 1.29 is 0 Å². The molecule has 0 bridgehead atoms. The number of rotatable bonds is 1. The summed E-state index contributed by atoms with van der Waals surface area (Å²) in [5.41, 5.74) is 2.09. The highest BCUT2D eigenvalue weighted by molar-refractivity contribution is 7.18. The van der Waals surface area contributed by atoms with E-state index < -0.39 is 0 Å². The summed E-state index contributed by atoms with van der Waals surface area (Å²) in [5.74, 6) is 0. The Hall–Kier alpha value is -1.29. The van der Waals surface area contributed by atoms with Gasteiger partial charge in [-0.05, 0) is 30.7 Å². The van der Waals surface area contributed by atoms with Crippen molar-refractivity contribution >= 4 is 27.2 Å². The van der Waals surface area contributed by atoms with Crippen LogP contribution in [0.15, 0.2) is 17.3 Å². The molecule has 1 aromatic heterocycles. The van der Waals surface area contributed by atoms with E-state index >= 15 is 0 Å². The molecule has 4 heteroatoms. The fourth-order valence-electron chi connectivity index (χ4n) is 1.31. The molecule has 2 rings (SSSR count). The van der Waals surface area contributed by atoms with Gasteiger partial charge in [-0.25, -0.2) is 4.98 Å². The minimum Gasteiger partial charge on any atom is -0.239 e. The van der Waals surface area contributed by atoms with Gasteiger partial charge in [-0.3, -0.25) is 0 Å². The number of benzene rings is 1. The summed E-state index contributed by atoms with van der Waals surface area (Å²) >= 11 is 1.58. The third kappa shape index (κ3) is 1.23. The van der Waals surface area contributed by atoms with Crippen LogP contribution in [0.25, 0.3) is 10.2 Å². The Balaban J connectivity index is 2.90. The van der Waals surface area contributed by atoms with Crippen LogP contribution in [-0.2, 0) is 0 Å². The largest absolute Gasteiger partial charge is 0.239 e. The molecule has 0 saturated heterocycles. The average Bonchev–Trinajstić information content (AvgIpc) is 2.45. The summed E-state index contributed by atoms with van der Waals surface area (Å²) in [4.78, 5) is 14.8. The maximum atomic E-state index is 10.6. The number of hydrogen-bond donors (Lipinski definition) is 0. The Kier molecular flexibility index (Phi) is 1.84. The van der Waals surface area contributed by atoms with E-state index in [2.05, 4.69) is 10.2 Å². The van der Waals surface area contributed by atoms with E-state index in [1.807, 2.05) is 26.0 Å². The molecule has 2 aromatic rings. The highest BCUT2D eigenvalue weighted by Crippen LogP contribution is 2.32. The standard InChI is InChI=1S/C9H8N2OS/c1-5-3-4-7-9(8(5)11-12)10-6(2)13-7/h3-4H,1-2H3. The van der Waals surface area contributed by atoms with Gasteiger partial charge >= 0.3 is 0 Å². The number of hydrogen-bond acceptors (Lipinski definition) is 4.